The molecule has 1 N–H and O–H groups in total. The van der Waals surface area contributed by atoms with Crippen molar-refractivity contribution in [1.82, 2.24) is 9.78 Å². The number of carboxylic acid groups (broad SMARTS) is 1. The number of carbonyl (C=O) groups is 1. The molecule has 0 radical (unpaired) electrons. The number of aromatic nitrogens is 2. The molecule has 0 aliphatic carbocycles. The summed E-state index contributed by atoms with van der Waals surface area (Å²) in [6.45, 7) is 4.07. The fourth-order valence-corrected chi connectivity index (χ4v) is 1.62. The molecule has 1 rings (SSSR count). The van der Waals surface area contributed by atoms with Gasteiger partial charge >= 0.3 is 5.97 Å². The summed E-state index contributed by atoms with van der Waals surface area (Å²) in [5.74, 6) is -0.635. The molecule has 78 valence electrons. The van der Waals surface area contributed by atoms with E-state index in [-0.39, 0.29) is 10.7 Å². The minimum Gasteiger partial charge on any atom is -0.476 e. The molecule has 0 atom stereocenters. The van der Waals surface area contributed by atoms with Gasteiger partial charge < -0.3 is 5.11 Å². The molecule has 0 aliphatic rings. The van der Waals surface area contributed by atoms with Crippen LogP contribution < -0.4 is 0 Å². The average molecular weight is 217 g/mol. The van der Waals surface area contributed by atoms with Crippen LogP contribution in [0.2, 0.25) is 5.02 Å². The third-order valence-corrected chi connectivity index (χ3v) is 2.26. The van der Waals surface area contributed by atoms with Crippen LogP contribution in [0.1, 0.15) is 30.0 Å². The zero-order chi connectivity index (χ0) is 10.9. The molecule has 5 heteroatoms. The first-order chi connectivity index (χ1) is 6.43. The summed E-state index contributed by atoms with van der Waals surface area (Å²) in [6.07, 6.45) is 0.694. The van der Waals surface area contributed by atoms with E-state index in [1.54, 1.807) is 7.05 Å². The second-order valence-corrected chi connectivity index (χ2v) is 4.01. The average Bonchev–Trinajstić information content (AvgIpc) is 2.25. The highest BCUT2D eigenvalue weighted by Crippen LogP contribution is 2.22. The van der Waals surface area contributed by atoms with Crippen molar-refractivity contribution < 1.29 is 9.90 Å². The van der Waals surface area contributed by atoms with Crippen molar-refractivity contribution in [2.24, 2.45) is 13.0 Å². The first-order valence-electron chi connectivity index (χ1n) is 4.38. The summed E-state index contributed by atoms with van der Waals surface area (Å²) in [5.41, 5.74) is 0.712. The van der Waals surface area contributed by atoms with Crippen LogP contribution in [-0.2, 0) is 13.5 Å². The van der Waals surface area contributed by atoms with Gasteiger partial charge in [0.25, 0.3) is 0 Å². The van der Waals surface area contributed by atoms with Crippen LogP contribution in [0.15, 0.2) is 0 Å². The lowest BCUT2D eigenvalue weighted by Gasteiger charge is -1.99. The van der Waals surface area contributed by atoms with Gasteiger partial charge in [0, 0.05) is 7.05 Å². The first-order valence-corrected chi connectivity index (χ1v) is 4.76. The predicted molar refractivity (Wildman–Crippen MR) is 53.7 cm³/mol. The van der Waals surface area contributed by atoms with E-state index in [0.717, 1.165) is 0 Å². The maximum absolute atomic E-state index is 10.8. The van der Waals surface area contributed by atoms with Gasteiger partial charge in [-0.3, -0.25) is 4.68 Å². The monoisotopic (exact) mass is 216 g/mol. The van der Waals surface area contributed by atoms with Crippen LogP contribution in [-0.4, -0.2) is 20.9 Å². The normalized spacial score (nSPS) is 10.9. The second kappa shape index (κ2) is 4.00. The molecule has 1 aromatic heterocycles. The number of nitrogens with zero attached hydrogens (tertiary/aromatic N) is 2. The quantitative estimate of drug-likeness (QED) is 0.841. The lowest BCUT2D eigenvalue weighted by molar-refractivity contribution is 0.0685. The van der Waals surface area contributed by atoms with Crippen LogP contribution in [0.5, 0.6) is 0 Å². The Balaban J connectivity index is 3.10. The van der Waals surface area contributed by atoms with Gasteiger partial charge in [-0.15, -0.1) is 0 Å². The molecule has 0 aromatic carbocycles. The largest absolute Gasteiger partial charge is 0.476 e. The Hall–Kier alpha value is -1.03. The van der Waals surface area contributed by atoms with Gasteiger partial charge in [-0.25, -0.2) is 4.79 Å². The summed E-state index contributed by atoms with van der Waals surface area (Å²) in [5, 5.41) is 13.2. The van der Waals surface area contributed by atoms with Crippen LogP contribution in [0.4, 0.5) is 0 Å². The molecule has 0 saturated carbocycles. The van der Waals surface area contributed by atoms with Crippen molar-refractivity contribution in [2.75, 3.05) is 0 Å². The summed E-state index contributed by atoms with van der Waals surface area (Å²) in [6, 6.07) is 0. The minimum absolute atomic E-state index is 0.0577. The molecule has 0 spiro atoms. The van der Waals surface area contributed by atoms with E-state index in [4.69, 9.17) is 16.7 Å². The van der Waals surface area contributed by atoms with E-state index < -0.39 is 5.97 Å². The highest BCUT2D eigenvalue weighted by molar-refractivity contribution is 6.33. The van der Waals surface area contributed by atoms with Crippen LogP contribution >= 0.6 is 11.6 Å². The van der Waals surface area contributed by atoms with Gasteiger partial charge in [0.15, 0.2) is 5.69 Å². The van der Waals surface area contributed by atoms with E-state index in [2.05, 4.69) is 5.10 Å². The summed E-state index contributed by atoms with van der Waals surface area (Å²) >= 11 is 5.90. The Bertz CT molecular complexity index is 358. The van der Waals surface area contributed by atoms with Gasteiger partial charge in [0.2, 0.25) is 0 Å². The van der Waals surface area contributed by atoms with Gasteiger partial charge in [0.1, 0.15) is 0 Å². The Kier molecular flexibility index (Phi) is 3.16. The Morgan fingerprint density at radius 2 is 2.21 bits per heavy atom. The number of carboxylic acids is 1. The summed E-state index contributed by atoms with van der Waals surface area (Å²) in [7, 11) is 1.58. The number of aryl methyl sites for hydroxylation is 1. The molecule has 1 heterocycles. The Labute approximate surface area is 87.5 Å². The zero-order valence-electron chi connectivity index (χ0n) is 8.41. The SMILES string of the molecule is CC(C)Cc1nn(C)c(C(=O)O)c1Cl. The maximum atomic E-state index is 10.8. The fourth-order valence-electron chi connectivity index (χ4n) is 1.30. The van der Waals surface area contributed by atoms with Gasteiger partial charge in [-0.1, -0.05) is 25.4 Å². The zero-order valence-corrected chi connectivity index (χ0v) is 9.17. The van der Waals surface area contributed by atoms with Gasteiger partial charge in [-0.2, -0.15) is 5.10 Å². The molecule has 0 amide bonds. The number of halogens is 1. The van der Waals surface area contributed by atoms with Gasteiger partial charge in [0.05, 0.1) is 10.7 Å². The molecule has 14 heavy (non-hydrogen) atoms. The molecular formula is C9H13ClN2O2. The van der Waals surface area contributed by atoms with E-state index in [0.29, 0.717) is 18.0 Å². The van der Waals surface area contributed by atoms with Crippen LogP contribution in [0, 0.1) is 5.92 Å². The summed E-state index contributed by atoms with van der Waals surface area (Å²) in [4.78, 5) is 10.8. The molecule has 0 bridgehead atoms. The standard InChI is InChI=1S/C9H13ClN2O2/c1-5(2)4-6-7(10)8(9(13)14)12(3)11-6/h5H,4H2,1-3H3,(H,13,14). The van der Waals surface area contributed by atoms with E-state index >= 15 is 0 Å². The highest BCUT2D eigenvalue weighted by Gasteiger charge is 2.20. The van der Waals surface area contributed by atoms with E-state index in [1.807, 2.05) is 13.8 Å². The number of aromatic carboxylic acids is 1. The first kappa shape index (κ1) is 11.0. The molecule has 0 fully saturated rings. The van der Waals surface area contributed by atoms with Crippen LogP contribution in [0.25, 0.3) is 0 Å². The van der Waals surface area contributed by atoms with Crippen molar-refractivity contribution in [3.8, 4) is 0 Å². The third-order valence-electron chi connectivity index (χ3n) is 1.86. The molecular weight excluding hydrogens is 204 g/mol. The third kappa shape index (κ3) is 2.07. The van der Waals surface area contributed by atoms with Gasteiger partial charge in [-0.05, 0) is 12.3 Å². The number of hydrogen-bond acceptors (Lipinski definition) is 2. The Morgan fingerprint density at radius 3 is 2.57 bits per heavy atom. The highest BCUT2D eigenvalue weighted by atomic mass is 35.5. The van der Waals surface area contributed by atoms with Crippen molar-refractivity contribution in [3.63, 3.8) is 0 Å². The molecule has 0 unspecified atom stereocenters. The topological polar surface area (TPSA) is 55.1 Å². The van der Waals surface area contributed by atoms with Crippen molar-refractivity contribution >= 4 is 17.6 Å². The van der Waals surface area contributed by atoms with Crippen molar-refractivity contribution in [1.29, 1.82) is 0 Å². The second-order valence-electron chi connectivity index (χ2n) is 3.64. The lowest BCUT2D eigenvalue weighted by Crippen LogP contribution is -2.05. The minimum atomic E-state index is -1.04. The smallest absolute Gasteiger partial charge is 0.355 e. The fraction of sp³-hybridized carbons (Fsp3) is 0.556. The molecule has 0 saturated heterocycles. The number of rotatable bonds is 3. The summed E-state index contributed by atoms with van der Waals surface area (Å²) < 4.78 is 1.31. The molecule has 1 aromatic rings. The predicted octanol–water partition coefficient (Wildman–Crippen LogP) is 1.97. The Morgan fingerprint density at radius 1 is 1.64 bits per heavy atom. The van der Waals surface area contributed by atoms with E-state index in [9.17, 15) is 4.79 Å². The van der Waals surface area contributed by atoms with Crippen molar-refractivity contribution in [3.05, 3.63) is 16.4 Å². The van der Waals surface area contributed by atoms with Crippen molar-refractivity contribution in [2.45, 2.75) is 20.3 Å². The molecule has 4 nitrogen and oxygen atoms in total. The maximum Gasteiger partial charge on any atom is 0.355 e. The van der Waals surface area contributed by atoms with Crippen LogP contribution in [0.3, 0.4) is 0 Å². The van der Waals surface area contributed by atoms with E-state index in [1.165, 1.54) is 4.68 Å². The lowest BCUT2D eigenvalue weighted by atomic mass is 10.1. The molecule has 0 aliphatic heterocycles. The number of hydrogen-bond donors (Lipinski definition) is 1.